The number of carbonyl (C=O) groups excluding carboxylic acids is 2. The van der Waals surface area contributed by atoms with Crippen LogP contribution in [0.5, 0.6) is 5.75 Å². The molecule has 0 aliphatic heterocycles. The summed E-state index contributed by atoms with van der Waals surface area (Å²) in [6.45, 7) is 6.71. The van der Waals surface area contributed by atoms with Gasteiger partial charge in [-0.3, -0.25) is 19.7 Å². The fourth-order valence-corrected chi connectivity index (χ4v) is 8.17. The fraction of sp³-hybridized carbons (Fsp3) is 0.607. The topological polar surface area (TPSA) is 108 Å². The molecular formula is C28H34N2O6. The molecule has 0 radical (unpaired) electrons. The molecule has 0 heterocycles. The third-order valence-electron chi connectivity index (χ3n) is 9.98. The maximum atomic E-state index is 12.2. The molecule has 5 rings (SSSR count). The number of nitro groups is 1. The molecule has 1 aromatic rings. The minimum Gasteiger partial charge on any atom is -0.393 e. The van der Waals surface area contributed by atoms with Crippen molar-refractivity contribution in [2.45, 2.75) is 72.1 Å². The van der Waals surface area contributed by atoms with Gasteiger partial charge in [-0.1, -0.05) is 24.6 Å². The van der Waals surface area contributed by atoms with Crippen molar-refractivity contribution in [3.63, 3.8) is 0 Å². The SMILES string of the molecule is C/C(=N\OC(=O)Oc1ccc([N+](=O)[O-])cc1)[C@H]1CC[C@H]2[C@@H]3CCC4=CC(=O)CC[C@]4(C)[C@H]3CC[C@]12C. The molecular weight excluding hydrogens is 460 g/mol. The minimum atomic E-state index is -0.960. The zero-order valence-corrected chi connectivity index (χ0v) is 21.2. The van der Waals surface area contributed by atoms with E-state index in [0.717, 1.165) is 50.7 Å². The van der Waals surface area contributed by atoms with Crippen molar-refractivity contribution >= 4 is 23.3 Å². The third kappa shape index (κ3) is 4.14. The van der Waals surface area contributed by atoms with Gasteiger partial charge in [-0.05, 0) is 98.7 Å². The molecule has 3 fully saturated rings. The highest BCUT2D eigenvalue weighted by Crippen LogP contribution is 2.66. The Morgan fingerprint density at radius 2 is 1.81 bits per heavy atom. The number of ketones is 1. The lowest BCUT2D eigenvalue weighted by atomic mass is 9.46. The smallest absolute Gasteiger partial charge is 0.393 e. The third-order valence-corrected chi connectivity index (χ3v) is 9.98. The predicted octanol–water partition coefficient (Wildman–Crippen LogP) is 6.63. The van der Waals surface area contributed by atoms with E-state index < -0.39 is 11.1 Å². The highest BCUT2D eigenvalue weighted by Gasteiger charge is 2.59. The van der Waals surface area contributed by atoms with Crippen molar-refractivity contribution in [2.75, 3.05) is 0 Å². The lowest BCUT2D eigenvalue weighted by Gasteiger charge is -2.58. The predicted molar refractivity (Wildman–Crippen MR) is 134 cm³/mol. The first-order valence-electron chi connectivity index (χ1n) is 13.0. The van der Waals surface area contributed by atoms with Gasteiger partial charge < -0.3 is 4.74 Å². The van der Waals surface area contributed by atoms with Gasteiger partial charge in [0.25, 0.3) is 5.69 Å². The second-order valence-corrected chi connectivity index (χ2v) is 11.6. The van der Waals surface area contributed by atoms with E-state index in [2.05, 4.69) is 19.0 Å². The largest absolute Gasteiger partial charge is 0.540 e. The van der Waals surface area contributed by atoms with E-state index >= 15 is 0 Å². The molecule has 8 heteroatoms. The number of oxime groups is 1. The monoisotopic (exact) mass is 494 g/mol. The van der Waals surface area contributed by atoms with Gasteiger partial charge in [0.15, 0.2) is 5.78 Å². The van der Waals surface area contributed by atoms with Gasteiger partial charge in [0, 0.05) is 24.5 Å². The summed E-state index contributed by atoms with van der Waals surface area (Å²) in [6.07, 6.45) is 9.28. The molecule has 6 atom stereocenters. The summed E-state index contributed by atoms with van der Waals surface area (Å²) in [4.78, 5) is 39.6. The zero-order chi connectivity index (χ0) is 25.7. The molecule has 0 amide bonds. The normalized spacial score (nSPS) is 35.7. The second kappa shape index (κ2) is 9.12. The van der Waals surface area contributed by atoms with Crippen LogP contribution in [0.2, 0.25) is 0 Å². The van der Waals surface area contributed by atoms with Gasteiger partial charge in [0.05, 0.1) is 10.6 Å². The lowest BCUT2D eigenvalue weighted by molar-refractivity contribution is -0.384. The number of carbonyl (C=O) groups is 2. The van der Waals surface area contributed by atoms with Crippen LogP contribution in [0.4, 0.5) is 10.5 Å². The second-order valence-electron chi connectivity index (χ2n) is 11.6. The first kappa shape index (κ1) is 24.7. The van der Waals surface area contributed by atoms with Crippen LogP contribution in [-0.4, -0.2) is 22.6 Å². The Morgan fingerprint density at radius 1 is 1.06 bits per heavy atom. The van der Waals surface area contributed by atoms with Crippen molar-refractivity contribution in [3.05, 3.63) is 46.0 Å². The van der Waals surface area contributed by atoms with E-state index in [1.165, 1.54) is 29.8 Å². The minimum absolute atomic E-state index is 0.0838. The molecule has 36 heavy (non-hydrogen) atoms. The van der Waals surface area contributed by atoms with Crippen molar-refractivity contribution in [2.24, 2.45) is 39.7 Å². The van der Waals surface area contributed by atoms with Gasteiger partial charge in [-0.25, -0.2) is 4.79 Å². The number of hydrogen-bond acceptors (Lipinski definition) is 7. The number of fused-ring (bicyclic) bond motifs is 5. The number of ether oxygens (including phenoxy) is 1. The van der Waals surface area contributed by atoms with Gasteiger partial charge in [-0.2, -0.15) is 0 Å². The molecule has 0 N–H and O–H groups in total. The van der Waals surface area contributed by atoms with Crippen molar-refractivity contribution in [1.29, 1.82) is 0 Å². The molecule has 8 nitrogen and oxygen atoms in total. The number of rotatable bonds is 4. The summed E-state index contributed by atoms with van der Waals surface area (Å²) in [5.74, 6) is 2.59. The van der Waals surface area contributed by atoms with E-state index in [-0.39, 0.29) is 28.2 Å². The molecule has 0 bridgehead atoms. The summed E-state index contributed by atoms with van der Waals surface area (Å²) < 4.78 is 5.11. The van der Waals surface area contributed by atoms with Crippen molar-refractivity contribution in [3.8, 4) is 5.75 Å². The van der Waals surface area contributed by atoms with Crippen LogP contribution >= 0.6 is 0 Å². The molecule has 0 unspecified atom stereocenters. The highest BCUT2D eigenvalue weighted by molar-refractivity contribution is 5.91. The molecule has 3 saturated carbocycles. The maximum Gasteiger partial charge on any atom is 0.540 e. The van der Waals surface area contributed by atoms with Crippen LogP contribution in [0.3, 0.4) is 0 Å². The number of nitro benzene ring substituents is 1. The van der Waals surface area contributed by atoms with E-state index in [0.29, 0.717) is 30.0 Å². The summed E-state index contributed by atoms with van der Waals surface area (Å²) in [5, 5.41) is 14.9. The Kier molecular flexibility index (Phi) is 6.25. The van der Waals surface area contributed by atoms with E-state index in [1.54, 1.807) is 0 Å². The Bertz CT molecular complexity index is 1140. The number of benzene rings is 1. The first-order valence-corrected chi connectivity index (χ1v) is 13.0. The average molecular weight is 495 g/mol. The molecule has 0 aromatic heterocycles. The van der Waals surface area contributed by atoms with Crippen LogP contribution in [0.1, 0.15) is 72.1 Å². The van der Waals surface area contributed by atoms with Gasteiger partial charge in [0.1, 0.15) is 5.75 Å². The molecule has 4 aliphatic carbocycles. The van der Waals surface area contributed by atoms with E-state index in [4.69, 9.17) is 9.57 Å². The Labute approximate surface area is 211 Å². The van der Waals surface area contributed by atoms with E-state index in [1.807, 2.05) is 13.0 Å². The highest BCUT2D eigenvalue weighted by atomic mass is 16.8. The number of non-ortho nitro benzene ring substituents is 1. The van der Waals surface area contributed by atoms with Crippen LogP contribution in [0.15, 0.2) is 41.1 Å². The number of nitrogens with zero attached hydrogens (tertiary/aromatic N) is 2. The summed E-state index contributed by atoms with van der Waals surface area (Å²) in [6, 6.07) is 5.24. The van der Waals surface area contributed by atoms with Gasteiger partial charge in [0.2, 0.25) is 0 Å². The standard InChI is InChI=1S/C28H34N2O6/c1-17(29-36-26(32)35-21-7-5-19(6-8-21)30(33)34)23-10-11-24-22-9-4-18-16-20(31)12-14-27(18,2)25(22)13-15-28(23,24)3/h5-8,16,22-25H,4,9-15H2,1-3H3/b29-17+/t22-,23+,24-,25-,27-,28+/m0/s1. The summed E-state index contributed by atoms with van der Waals surface area (Å²) in [5.41, 5.74) is 2.38. The molecule has 1 aromatic carbocycles. The van der Waals surface area contributed by atoms with Gasteiger partial charge >= 0.3 is 6.16 Å². The van der Waals surface area contributed by atoms with Crippen molar-refractivity contribution < 1.29 is 24.1 Å². The number of allylic oxidation sites excluding steroid dienone is 1. The van der Waals surface area contributed by atoms with Crippen LogP contribution in [-0.2, 0) is 9.63 Å². The van der Waals surface area contributed by atoms with Crippen molar-refractivity contribution in [1.82, 2.24) is 0 Å². The average Bonchev–Trinajstić information content (AvgIpc) is 3.20. The van der Waals surface area contributed by atoms with E-state index in [9.17, 15) is 19.7 Å². The van der Waals surface area contributed by atoms with Crippen LogP contribution in [0.25, 0.3) is 0 Å². The molecule has 4 aliphatic rings. The van der Waals surface area contributed by atoms with Crippen LogP contribution < -0.4 is 4.74 Å². The Morgan fingerprint density at radius 3 is 2.53 bits per heavy atom. The molecule has 0 spiro atoms. The summed E-state index contributed by atoms with van der Waals surface area (Å²) in [7, 11) is 0. The fourth-order valence-electron chi connectivity index (χ4n) is 8.17. The Balaban J connectivity index is 1.25. The maximum absolute atomic E-state index is 12.2. The Hall–Kier alpha value is -3.03. The molecule has 192 valence electrons. The first-order chi connectivity index (χ1) is 17.1. The quantitative estimate of drug-likeness (QED) is 0.116. The number of hydrogen-bond donors (Lipinski definition) is 0. The van der Waals surface area contributed by atoms with Crippen LogP contribution in [0, 0.1) is 44.6 Å². The summed E-state index contributed by atoms with van der Waals surface area (Å²) >= 11 is 0. The van der Waals surface area contributed by atoms with Gasteiger partial charge in [-0.15, -0.1) is 0 Å². The lowest BCUT2D eigenvalue weighted by Crippen LogP contribution is -2.51. The zero-order valence-electron chi connectivity index (χ0n) is 21.2. The molecule has 0 saturated heterocycles.